The first kappa shape index (κ1) is 16.1. The van der Waals surface area contributed by atoms with Crippen molar-refractivity contribution in [2.45, 2.75) is 6.42 Å². The maximum Gasteiger partial charge on any atom is 0.319 e. The summed E-state index contributed by atoms with van der Waals surface area (Å²) in [4.78, 5) is 27.0. The molecule has 2 aromatic rings. The number of H-pyrrole nitrogens is 1. The van der Waals surface area contributed by atoms with Crippen molar-refractivity contribution in [1.29, 1.82) is 0 Å². The molecule has 4 N–H and O–H groups in total. The SMILES string of the molecule is O=C(NCCCO)Nc1ccc(Cl)cc1C(=O)c1ccc[nH]1. The third-order valence-electron chi connectivity index (χ3n) is 2.94. The van der Waals surface area contributed by atoms with Crippen LogP contribution in [0.3, 0.4) is 0 Å². The molecule has 0 aliphatic carbocycles. The normalized spacial score (nSPS) is 10.3. The minimum absolute atomic E-state index is 0.00220. The van der Waals surface area contributed by atoms with Gasteiger partial charge in [-0.2, -0.15) is 0 Å². The van der Waals surface area contributed by atoms with Crippen LogP contribution >= 0.6 is 11.6 Å². The van der Waals surface area contributed by atoms with Gasteiger partial charge in [0.1, 0.15) is 0 Å². The Morgan fingerprint density at radius 3 is 2.77 bits per heavy atom. The fraction of sp³-hybridized carbons (Fsp3) is 0.200. The molecule has 0 unspecified atom stereocenters. The average molecular weight is 322 g/mol. The van der Waals surface area contributed by atoms with Crippen LogP contribution < -0.4 is 10.6 Å². The largest absolute Gasteiger partial charge is 0.396 e. The Bertz CT molecular complexity index is 656. The summed E-state index contributed by atoms with van der Waals surface area (Å²) in [5.41, 5.74) is 1.07. The summed E-state index contributed by atoms with van der Waals surface area (Å²) < 4.78 is 0. The minimum atomic E-state index is -0.448. The molecule has 0 bridgehead atoms. The lowest BCUT2D eigenvalue weighted by Crippen LogP contribution is -2.30. The van der Waals surface area contributed by atoms with E-state index in [0.29, 0.717) is 34.9 Å². The lowest BCUT2D eigenvalue weighted by Gasteiger charge is -2.11. The van der Waals surface area contributed by atoms with E-state index in [2.05, 4.69) is 15.6 Å². The lowest BCUT2D eigenvalue weighted by molar-refractivity contribution is 0.103. The summed E-state index contributed by atoms with van der Waals surface area (Å²) in [5.74, 6) is -0.266. The zero-order valence-electron chi connectivity index (χ0n) is 11.7. The third kappa shape index (κ3) is 4.09. The second kappa shape index (κ2) is 7.63. The van der Waals surface area contributed by atoms with Gasteiger partial charge in [0, 0.05) is 29.9 Å². The number of halogens is 1. The molecule has 0 spiro atoms. The molecule has 0 saturated carbocycles. The summed E-state index contributed by atoms with van der Waals surface area (Å²) in [6.07, 6.45) is 2.11. The van der Waals surface area contributed by atoms with Crippen LogP contribution in [0, 0.1) is 0 Å². The Morgan fingerprint density at radius 1 is 1.27 bits per heavy atom. The van der Waals surface area contributed by atoms with Crippen molar-refractivity contribution in [2.75, 3.05) is 18.5 Å². The number of amides is 2. The Kier molecular flexibility index (Phi) is 5.57. The number of aliphatic hydroxyl groups is 1. The van der Waals surface area contributed by atoms with E-state index in [9.17, 15) is 9.59 Å². The molecule has 0 aliphatic heterocycles. The van der Waals surface area contributed by atoms with E-state index in [4.69, 9.17) is 16.7 Å². The Labute approximate surface area is 132 Å². The minimum Gasteiger partial charge on any atom is -0.396 e. The Hall–Kier alpha value is -2.31. The summed E-state index contributed by atoms with van der Waals surface area (Å²) >= 11 is 5.94. The van der Waals surface area contributed by atoms with Gasteiger partial charge in [-0.25, -0.2) is 4.79 Å². The predicted octanol–water partition coefficient (Wildman–Crippen LogP) is 2.40. The maximum absolute atomic E-state index is 12.4. The number of urea groups is 1. The third-order valence-corrected chi connectivity index (χ3v) is 3.17. The lowest BCUT2D eigenvalue weighted by atomic mass is 10.1. The molecule has 1 aromatic heterocycles. The average Bonchev–Trinajstić information content (AvgIpc) is 3.03. The highest BCUT2D eigenvalue weighted by Gasteiger charge is 2.16. The predicted molar refractivity (Wildman–Crippen MR) is 84.4 cm³/mol. The number of ketones is 1. The number of carbonyl (C=O) groups is 2. The quantitative estimate of drug-likeness (QED) is 0.486. The van der Waals surface area contributed by atoms with Crippen molar-refractivity contribution >= 4 is 29.1 Å². The molecule has 0 aliphatic rings. The van der Waals surface area contributed by atoms with Crippen LogP contribution in [0.5, 0.6) is 0 Å². The second-order valence-corrected chi connectivity index (χ2v) is 5.00. The molecule has 0 saturated heterocycles. The van der Waals surface area contributed by atoms with Crippen LogP contribution in [0.1, 0.15) is 22.5 Å². The van der Waals surface area contributed by atoms with E-state index in [0.717, 1.165) is 0 Å². The molecule has 116 valence electrons. The summed E-state index contributed by atoms with van der Waals surface area (Å²) in [7, 11) is 0. The van der Waals surface area contributed by atoms with E-state index in [-0.39, 0.29) is 12.4 Å². The molecule has 2 amide bonds. The van der Waals surface area contributed by atoms with Crippen LogP contribution in [0.15, 0.2) is 36.5 Å². The smallest absolute Gasteiger partial charge is 0.319 e. The van der Waals surface area contributed by atoms with E-state index >= 15 is 0 Å². The van der Waals surface area contributed by atoms with Gasteiger partial charge in [-0.3, -0.25) is 4.79 Å². The zero-order chi connectivity index (χ0) is 15.9. The number of carbonyl (C=O) groups excluding carboxylic acids is 2. The standard InChI is InChI=1S/C15H16ClN3O3/c16-10-4-5-12(19-15(22)18-7-2-8-20)11(9-10)14(21)13-3-1-6-17-13/h1,3-6,9,17,20H,2,7-8H2,(H2,18,19,22). The number of rotatable bonds is 6. The van der Waals surface area contributed by atoms with Gasteiger partial charge in [-0.15, -0.1) is 0 Å². The van der Waals surface area contributed by atoms with Crippen molar-refractivity contribution < 1.29 is 14.7 Å². The molecule has 0 atom stereocenters. The van der Waals surface area contributed by atoms with Crippen LogP contribution in [0.4, 0.5) is 10.5 Å². The number of hydrogen-bond donors (Lipinski definition) is 4. The fourth-order valence-corrected chi connectivity index (χ4v) is 2.05. The molecule has 0 fully saturated rings. The first-order valence-electron chi connectivity index (χ1n) is 6.75. The molecule has 0 radical (unpaired) electrons. The Balaban J connectivity index is 2.17. The monoisotopic (exact) mass is 321 g/mol. The number of benzene rings is 1. The molecular weight excluding hydrogens is 306 g/mol. The van der Waals surface area contributed by atoms with Crippen molar-refractivity contribution in [3.05, 3.63) is 52.8 Å². The summed E-state index contributed by atoms with van der Waals surface area (Å²) in [6, 6.07) is 7.59. The van der Waals surface area contributed by atoms with Gasteiger partial charge >= 0.3 is 6.03 Å². The summed E-state index contributed by atoms with van der Waals surface area (Å²) in [6.45, 7) is 0.341. The fourth-order valence-electron chi connectivity index (χ4n) is 1.88. The molecule has 1 heterocycles. The van der Waals surface area contributed by atoms with Crippen molar-refractivity contribution in [3.63, 3.8) is 0 Å². The zero-order valence-corrected chi connectivity index (χ0v) is 12.5. The van der Waals surface area contributed by atoms with Gasteiger partial charge in [0.25, 0.3) is 0 Å². The number of aromatic amines is 1. The van der Waals surface area contributed by atoms with Gasteiger partial charge in [-0.1, -0.05) is 11.6 Å². The first-order valence-corrected chi connectivity index (χ1v) is 7.13. The highest BCUT2D eigenvalue weighted by molar-refractivity contribution is 6.31. The van der Waals surface area contributed by atoms with Crippen LogP contribution in [-0.4, -0.2) is 35.1 Å². The van der Waals surface area contributed by atoms with Crippen LogP contribution in [0.25, 0.3) is 0 Å². The number of aromatic nitrogens is 1. The number of nitrogens with one attached hydrogen (secondary N) is 3. The molecular formula is C15H16ClN3O3. The van der Waals surface area contributed by atoms with Gasteiger partial charge in [0.05, 0.1) is 11.4 Å². The van der Waals surface area contributed by atoms with E-state index in [1.54, 1.807) is 30.5 Å². The molecule has 1 aromatic carbocycles. The van der Waals surface area contributed by atoms with Gasteiger partial charge in [-0.05, 0) is 36.8 Å². The highest BCUT2D eigenvalue weighted by Crippen LogP contribution is 2.23. The van der Waals surface area contributed by atoms with E-state index in [1.807, 2.05) is 0 Å². The Morgan fingerprint density at radius 2 is 2.09 bits per heavy atom. The molecule has 2 rings (SSSR count). The van der Waals surface area contributed by atoms with Gasteiger partial charge in [0.2, 0.25) is 5.78 Å². The molecule has 22 heavy (non-hydrogen) atoms. The summed E-state index contributed by atoms with van der Waals surface area (Å²) in [5, 5.41) is 14.3. The van der Waals surface area contributed by atoms with Crippen molar-refractivity contribution in [2.24, 2.45) is 0 Å². The highest BCUT2D eigenvalue weighted by atomic mass is 35.5. The van der Waals surface area contributed by atoms with E-state index in [1.165, 1.54) is 6.07 Å². The van der Waals surface area contributed by atoms with Gasteiger partial charge < -0.3 is 20.7 Å². The number of aliphatic hydroxyl groups excluding tert-OH is 1. The van der Waals surface area contributed by atoms with Crippen molar-refractivity contribution in [1.82, 2.24) is 10.3 Å². The van der Waals surface area contributed by atoms with Crippen LogP contribution in [0.2, 0.25) is 5.02 Å². The molecule has 6 nitrogen and oxygen atoms in total. The van der Waals surface area contributed by atoms with Gasteiger partial charge in [0.15, 0.2) is 0 Å². The van der Waals surface area contributed by atoms with Crippen molar-refractivity contribution in [3.8, 4) is 0 Å². The first-order chi connectivity index (χ1) is 10.6. The number of hydrogen-bond acceptors (Lipinski definition) is 3. The second-order valence-electron chi connectivity index (χ2n) is 4.56. The topological polar surface area (TPSA) is 94.2 Å². The number of anilines is 1. The van der Waals surface area contributed by atoms with Crippen LogP contribution in [-0.2, 0) is 0 Å². The van der Waals surface area contributed by atoms with E-state index < -0.39 is 6.03 Å². The molecule has 7 heteroatoms. The maximum atomic E-state index is 12.4.